The van der Waals surface area contributed by atoms with E-state index in [1.165, 1.54) is 10.6 Å². The standard InChI is InChI=1S/C17H14ClN5OS/c1-10-12(18)4-2-5-13(10)19-9-11-8-15(24)23-17(20-11)21-16(22-23)14-6-3-7-25-14/h2-8,19H,9H2,1H3,(H,20,21,22). The van der Waals surface area contributed by atoms with Gasteiger partial charge < -0.3 is 5.32 Å². The number of anilines is 1. The van der Waals surface area contributed by atoms with Crippen LogP contribution in [-0.4, -0.2) is 19.6 Å². The highest BCUT2D eigenvalue weighted by Crippen LogP contribution is 2.23. The number of hydrogen-bond acceptors (Lipinski definition) is 5. The molecule has 0 aliphatic heterocycles. The molecule has 0 amide bonds. The molecule has 126 valence electrons. The lowest BCUT2D eigenvalue weighted by Crippen LogP contribution is -2.17. The maximum Gasteiger partial charge on any atom is 0.274 e. The van der Waals surface area contributed by atoms with Crippen molar-refractivity contribution in [2.24, 2.45) is 0 Å². The third-order valence-electron chi connectivity index (χ3n) is 3.87. The first-order valence-electron chi connectivity index (χ1n) is 7.63. The number of rotatable bonds is 4. The van der Waals surface area contributed by atoms with Crippen molar-refractivity contribution in [3.8, 4) is 10.7 Å². The Balaban J connectivity index is 1.64. The molecule has 0 fully saturated rings. The normalized spacial score (nSPS) is 11.1. The lowest BCUT2D eigenvalue weighted by Gasteiger charge is -2.10. The quantitative estimate of drug-likeness (QED) is 0.573. The number of aromatic amines is 1. The van der Waals surface area contributed by atoms with Gasteiger partial charge in [-0.15, -0.1) is 11.3 Å². The van der Waals surface area contributed by atoms with Gasteiger partial charge in [0, 0.05) is 16.8 Å². The summed E-state index contributed by atoms with van der Waals surface area (Å²) in [4.78, 5) is 22.2. The van der Waals surface area contributed by atoms with Gasteiger partial charge in [-0.25, -0.2) is 4.98 Å². The molecule has 0 radical (unpaired) electrons. The number of fused-ring (bicyclic) bond motifs is 1. The highest BCUT2D eigenvalue weighted by Gasteiger charge is 2.10. The molecule has 0 saturated carbocycles. The molecule has 1 aromatic carbocycles. The van der Waals surface area contributed by atoms with Gasteiger partial charge in [0.15, 0.2) is 5.82 Å². The minimum absolute atomic E-state index is 0.195. The average Bonchev–Trinajstić information content (AvgIpc) is 3.25. The molecule has 0 aliphatic rings. The topological polar surface area (TPSA) is 75.1 Å². The molecule has 3 heterocycles. The lowest BCUT2D eigenvalue weighted by molar-refractivity contribution is 0.879. The number of H-pyrrole nitrogens is 1. The molecule has 4 rings (SSSR count). The van der Waals surface area contributed by atoms with Crippen molar-refractivity contribution in [2.75, 3.05) is 5.32 Å². The second-order valence-electron chi connectivity index (χ2n) is 5.54. The minimum atomic E-state index is -0.195. The van der Waals surface area contributed by atoms with Crippen molar-refractivity contribution in [2.45, 2.75) is 13.5 Å². The fourth-order valence-corrected chi connectivity index (χ4v) is 3.36. The Kier molecular flexibility index (Phi) is 4.03. The molecule has 0 unspecified atom stereocenters. The summed E-state index contributed by atoms with van der Waals surface area (Å²) in [7, 11) is 0. The van der Waals surface area contributed by atoms with Crippen LogP contribution in [0.5, 0.6) is 0 Å². The summed E-state index contributed by atoms with van der Waals surface area (Å²) in [5.41, 5.74) is 2.30. The smallest absolute Gasteiger partial charge is 0.274 e. The third-order valence-corrected chi connectivity index (χ3v) is 5.15. The largest absolute Gasteiger partial charge is 0.379 e. The fraction of sp³-hybridized carbons (Fsp3) is 0.118. The number of benzene rings is 1. The van der Waals surface area contributed by atoms with Crippen LogP contribution in [0.25, 0.3) is 16.5 Å². The first-order valence-corrected chi connectivity index (χ1v) is 8.89. The van der Waals surface area contributed by atoms with Gasteiger partial charge in [0.2, 0.25) is 0 Å². The second kappa shape index (κ2) is 6.34. The summed E-state index contributed by atoms with van der Waals surface area (Å²) in [5.74, 6) is 0.992. The Morgan fingerprint density at radius 3 is 2.96 bits per heavy atom. The Hall–Kier alpha value is -2.64. The van der Waals surface area contributed by atoms with E-state index in [1.54, 1.807) is 11.3 Å². The molecule has 0 spiro atoms. The Labute approximate surface area is 152 Å². The predicted molar refractivity (Wildman–Crippen MR) is 100 cm³/mol. The summed E-state index contributed by atoms with van der Waals surface area (Å²) in [6, 6.07) is 11.0. The van der Waals surface area contributed by atoms with Crippen LogP contribution in [0.4, 0.5) is 5.69 Å². The van der Waals surface area contributed by atoms with E-state index in [2.05, 4.69) is 20.4 Å². The van der Waals surface area contributed by atoms with Crippen molar-refractivity contribution >= 4 is 34.4 Å². The van der Waals surface area contributed by atoms with Crippen LogP contribution in [-0.2, 0) is 6.54 Å². The van der Waals surface area contributed by atoms with E-state index >= 15 is 0 Å². The highest BCUT2D eigenvalue weighted by atomic mass is 35.5. The number of aromatic nitrogens is 4. The molecule has 0 saturated heterocycles. The Morgan fingerprint density at radius 2 is 2.16 bits per heavy atom. The van der Waals surface area contributed by atoms with E-state index < -0.39 is 0 Å². The summed E-state index contributed by atoms with van der Waals surface area (Å²) in [6.45, 7) is 2.35. The zero-order valence-electron chi connectivity index (χ0n) is 13.3. The van der Waals surface area contributed by atoms with Gasteiger partial charge in [0.25, 0.3) is 11.3 Å². The Bertz CT molecular complexity index is 1100. The monoisotopic (exact) mass is 371 g/mol. The molecule has 4 aromatic rings. The van der Waals surface area contributed by atoms with Crippen molar-refractivity contribution < 1.29 is 0 Å². The van der Waals surface area contributed by atoms with Crippen LogP contribution in [0, 0.1) is 6.92 Å². The second-order valence-corrected chi connectivity index (χ2v) is 6.89. The highest BCUT2D eigenvalue weighted by molar-refractivity contribution is 7.13. The zero-order valence-corrected chi connectivity index (χ0v) is 14.9. The minimum Gasteiger partial charge on any atom is -0.379 e. The first-order chi connectivity index (χ1) is 12.1. The van der Waals surface area contributed by atoms with Crippen LogP contribution >= 0.6 is 22.9 Å². The van der Waals surface area contributed by atoms with Gasteiger partial charge in [-0.05, 0) is 36.1 Å². The third kappa shape index (κ3) is 3.04. The molecule has 25 heavy (non-hydrogen) atoms. The molecule has 2 N–H and O–H groups in total. The van der Waals surface area contributed by atoms with Crippen LogP contribution in [0.3, 0.4) is 0 Å². The lowest BCUT2D eigenvalue weighted by atomic mass is 10.2. The predicted octanol–water partition coefficient (Wildman–Crippen LogP) is 3.72. The number of halogens is 1. The molecular formula is C17H14ClN5OS. The van der Waals surface area contributed by atoms with Gasteiger partial charge in [0.1, 0.15) is 0 Å². The van der Waals surface area contributed by atoms with E-state index in [0.29, 0.717) is 28.9 Å². The van der Waals surface area contributed by atoms with Crippen LogP contribution in [0.2, 0.25) is 5.02 Å². The number of nitrogens with zero attached hydrogens (tertiary/aromatic N) is 3. The van der Waals surface area contributed by atoms with E-state index in [1.807, 2.05) is 42.6 Å². The SMILES string of the molecule is Cc1c(Cl)cccc1NCc1cc(=O)n2[nH]c(-c3cccs3)nc2n1. The molecule has 3 aromatic heterocycles. The summed E-state index contributed by atoms with van der Waals surface area (Å²) in [5, 5.41) is 8.91. The van der Waals surface area contributed by atoms with E-state index in [-0.39, 0.29) is 5.56 Å². The molecule has 0 bridgehead atoms. The average molecular weight is 372 g/mol. The Morgan fingerprint density at radius 1 is 1.28 bits per heavy atom. The molecule has 0 atom stereocenters. The number of hydrogen-bond donors (Lipinski definition) is 2. The first kappa shape index (κ1) is 15.9. The van der Waals surface area contributed by atoms with Gasteiger partial charge in [-0.2, -0.15) is 9.50 Å². The summed E-state index contributed by atoms with van der Waals surface area (Å²) >= 11 is 7.68. The van der Waals surface area contributed by atoms with Crippen molar-refractivity contribution in [1.82, 2.24) is 19.6 Å². The van der Waals surface area contributed by atoms with Gasteiger partial charge in [-0.1, -0.05) is 23.7 Å². The molecule has 0 aliphatic carbocycles. The van der Waals surface area contributed by atoms with Gasteiger partial charge >= 0.3 is 0 Å². The van der Waals surface area contributed by atoms with Gasteiger partial charge in [0.05, 0.1) is 17.1 Å². The number of thiophene rings is 1. The van der Waals surface area contributed by atoms with Crippen LogP contribution < -0.4 is 10.9 Å². The molecule has 8 heteroatoms. The van der Waals surface area contributed by atoms with Crippen molar-refractivity contribution in [3.05, 3.63) is 68.4 Å². The van der Waals surface area contributed by atoms with Crippen molar-refractivity contribution in [1.29, 1.82) is 0 Å². The van der Waals surface area contributed by atoms with E-state index in [0.717, 1.165) is 16.1 Å². The summed E-state index contributed by atoms with van der Waals surface area (Å²) in [6.07, 6.45) is 0. The van der Waals surface area contributed by atoms with Crippen LogP contribution in [0.1, 0.15) is 11.3 Å². The van der Waals surface area contributed by atoms with Gasteiger partial charge in [-0.3, -0.25) is 9.89 Å². The van der Waals surface area contributed by atoms with E-state index in [4.69, 9.17) is 11.6 Å². The number of nitrogens with one attached hydrogen (secondary N) is 2. The summed E-state index contributed by atoms with van der Waals surface area (Å²) < 4.78 is 1.35. The molecular weight excluding hydrogens is 358 g/mol. The zero-order chi connectivity index (χ0) is 17.4. The van der Waals surface area contributed by atoms with E-state index in [9.17, 15) is 4.79 Å². The maximum absolute atomic E-state index is 12.3. The molecule has 6 nitrogen and oxygen atoms in total. The fourth-order valence-electron chi connectivity index (χ4n) is 2.53. The van der Waals surface area contributed by atoms with Crippen molar-refractivity contribution in [3.63, 3.8) is 0 Å². The van der Waals surface area contributed by atoms with Crippen LogP contribution in [0.15, 0.2) is 46.6 Å². The maximum atomic E-state index is 12.3.